The highest BCUT2D eigenvalue weighted by Crippen LogP contribution is 2.29. The maximum absolute atomic E-state index is 14.4. The normalized spacial score (nSPS) is 16.9. The molecule has 0 aliphatic carbocycles. The zero-order valence-corrected chi connectivity index (χ0v) is 21.9. The third-order valence-electron chi connectivity index (χ3n) is 6.07. The van der Waals surface area contributed by atoms with Crippen LogP contribution in [0.1, 0.15) is 23.7 Å². The molecule has 1 aliphatic heterocycles. The lowest BCUT2D eigenvalue weighted by Gasteiger charge is -2.24. The summed E-state index contributed by atoms with van der Waals surface area (Å²) in [4.78, 5) is 55.3. The number of carbonyl (C=O) groups is 3. The molecular weight excluding hydrogens is 580 g/mol. The van der Waals surface area contributed by atoms with Gasteiger partial charge in [-0.3, -0.25) is 19.4 Å². The molecule has 1 N–H and O–H groups in total. The minimum absolute atomic E-state index is 0.0808. The van der Waals surface area contributed by atoms with Crippen LogP contribution in [0.25, 0.3) is 10.9 Å². The second-order valence-corrected chi connectivity index (χ2v) is 9.62. The molecule has 4 aromatic rings. The Labute approximate surface area is 228 Å². The fraction of sp³-hybridized carbons (Fsp3) is 0.240. The minimum Gasteiger partial charge on any atom is -0.424 e. The lowest BCUT2D eigenvalue weighted by atomic mass is 10.1. The number of nitrogens with zero attached hydrogens (tertiary/aromatic N) is 6. The van der Waals surface area contributed by atoms with Gasteiger partial charge in [0, 0.05) is 29.1 Å². The van der Waals surface area contributed by atoms with E-state index < -0.39 is 29.8 Å². The molecule has 0 saturated carbocycles. The fourth-order valence-corrected chi connectivity index (χ4v) is 4.68. The summed E-state index contributed by atoms with van der Waals surface area (Å²) in [5.74, 6) is -1.48. The highest BCUT2D eigenvalue weighted by atomic mass is 79.9. The molecule has 5 rings (SSSR count). The van der Waals surface area contributed by atoms with Gasteiger partial charge in [0.25, 0.3) is 0 Å². The van der Waals surface area contributed by atoms with Crippen LogP contribution in [-0.2, 0) is 16.1 Å². The summed E-state index contributed by atoms with van der Waals surface area (Å²) in [6, 6.07) is 3.69. The summed E-state index contributed by atoms with van der Waals surface area (Å²) in [5.41, 5.74) is 0.873. The average Bonchev–Trinajstić information content (AvgIpc) is 3.46. The van der Waals surface area contributed by atoms with Crippen molar-refractivity contribution in [1.82, 2.24) is 29.4 Å². The maximum Gasteiger partial charge on any atom is 0.322 e. The third-order valence-corrected chi connectivity index (χ3v) is 6.45. The predicted molar refractivity (Wildman–Crippen MR) is 137 cm³/mol. The number of benzene rings is 1. The van der Waals surface area contributed by atoms with Crippen molar-refractivity contribution in [3.05, 3.63) is 65.2 Å². The lowest BCUT2D eigenvalue weighted by molar-refractivity contribution is -0.137. The number of rotatable bonds is 7. The van der Waals surface area contributed by atoms with Gasteiger partial charge in [-0.15, -0.1) is 0 Å². The summed E-state index contributed by atoms with van der Waals surface area (Å²) >= 11 is 3.17. The van der Waals surface area contributed by atoms with Gasteiger partial charge < -0.3 is 19.5 Å². The van der Waals surface area contributed by atoms with Crippen LogP contribution >= 0.6 is 15.9 Å². The van der Waals surface area contributed by atoms with Crippen molar-refractivity contribution in [2.75, 3.05) is 11.9 Å². The van der Waals surface area contributed by atoms with Gasteiger partial charge in [-0.05, 0) is 41.1 Å². The number of fused-ring (bicyclic) bond motifs is 1. The van der Waals surface area contributed by atoms with E-state index in [2.05, 4.69) is 41.2 Å². The summed E-state index contributed by atoms with van der Waals surface area (Å²) < 4.78 is 35.0. The van der Waals surface area contributed by atoms with Crippen LogP contribution in [0, 0.1) is 5.82 Å². The van der Waals surface area contributed by atoms with Gasteiger partial charge in [0.1, 0.15) is 29.1 Å². The van der Waals surface area contributed by atoms with Crippen LogP contribution in [0.15, 0.2) is 53.8 Å². The number of ketones is 1. The van der Waals surface area contributed by atoms with Crippen molar-refractivity contribution in [3.8, 4) is 11.8 Å². The molecule has 11 nitrogen and oxygen atoms in total. The van der Waals surface area contributed by atoms with Gasteiger partial charge in [-0.25, -0.2) is 23.7 Å². The molecule has 1 saturated heterocycles. The van der Waals surface area contributed by atoms with E-state index in [0.29, 0.717) is 26.8 Å². The monoisotopic (exact) mass is 599 g/mol. The Hall–Kier alpha value is -4.33. The highest BCUT2D eigenvalue weighted by Gasteiger charge is 2.40. The molecule has 1 aliphatic rings. The Kier molecular flexibility index (Phi) is 7.28. The molecule has 200 valence electrons. The number of ether oxygens (including phenoxy) is 1. The largest absolute Gasteiger partial charge is 0.424 e. The SMILES string of the molecule is CC(=O)c1cn(CC(=O)N2C[C@H](F)C[C@H]2C(=O)Nc2cncc(Br)n2)c2ccc(Oc3ncc(F)cn3)cc12. The first-order valence-electron chi connectivity index (χ1n) is 11.7. The summed E-state index contributed by atoms with van der Waals surface area (Å²) in [5, 5.41) is 3.07. The third kappa shape index (κ3) is 5.74. The van der Waals surface area contributed by atoms with Gasteiger partial charge in [-0.2, -0.15) is 0 Å². The summed E-state index contributed by atoms with van der Waals surface area (Å²) in [6.45, 7) is 0.907. The molecule has 1 aromatic carbocycles. The number of carbonyl (C=O) groups excluding carboxylic acids is 3. The average molecular weight is 600 g/mol. The van der Waals surface area contributed by atoms with E-state index in [1.807, 2.05) is 0 Å². The molecule has 14 heteroatoms. The second-order valence-electron chi connectivity index (χ2n) is 8.80. The van der Waals surface area contributed by atoms with Crippen molar-refractivity contribution in [3.63, 3.8) is 0 Å². The van der Waals surface area contributed by atoms with E-state index in [1.165, 1.54) is 30.4 Å². The molecule has 1 fully saturated rings. The van der Waals surface area contributed by atoms with Crippen molar-refractivity contribution in [2.45, 2.75) is 32.1 Å². The molecule has 3 aromatic heterocycles. The Morgan fingerprint density at radius 1 is 1.18 bits per heavy atom. The highest BCUT2D eigenvalue weighted by molar-refractivity contribution is 9.10. The first-order valence-corrected chi connectivity index (χ1v) is 12.5. The number of aromatic nitrogens is 5. The number of Topliss-reactive ketones (excluding diaryl/α,β-unsaturated/α-hetero) is 1. The Bertz CT molecular complexity index is 1580. The van der Waals surface area contributed by atoms with Crippen LogP contribution in [0.4, 0.5) is 14.6 Å². The van der Waals surface area contributed by atoms with Gasteiger partial charge in [0.15, 0.2) is 17.4 Å². The fourth-order valence-electron chi connectivity index (χ4n) is 4.37. The number of likely N-dealkylation sites (tertiary alicyclic amines) is 1. The van der Waals surface area contributed by atoms with E-state index in [0.717, 1.165) is 12.4 Å². The van der Waals surface area contributed by atoms with Gasteiger partial charge in [0.05, 0.1) is 31.3 Å². The molecule has 2 amide bonds. The summed E-state index contributed by atoms with van der Waals surface area (Å²) in [6.07, 6.45) is 4.70. The Balaban J connectivity index is 1.37. The van der Waals surface area contributed by atoms with E-state index in [4.69, 9.17) is 4.74 Å². The molecule has 0 radical (unpaired) electrons. The topological polar surface area (TPSA) is 132 Å². The molecule has 4 heterocycles. The predicted octanol–water partition coefficient (Wildman–Crippen LogP) is 3.70. The smallest absolute Gasteiger partial charge is 0.322 e. The summed E-state index contributed by atoms with van der Waals surface area (Å²) in [7, 11) is 0. The lowest BCUT2D eigenvalue weighted by Crippen LogP contribution is -2.44. The minimum atomic E-state index is -1.37. The van der Waals surface area contributed by atoms with Crippen LogP contribution < -0.4 is 10.1 Å². The molecular formula is C25H20BrF2N7O4. The number of anilines is 1. The van der Waals surface area contributed by atoms with Gasteiger partial charge >= 0.3 is 6.01 Å². The van der Waals surface area contributed by atoms with Crippen LogP contribution in [-0.4, -0.2) is 65.8 Å². The van der Waals surface area contributed by atoms with Gasteiger partial charge in [0.2, 0.25) is 11.8 Å². The van der Waals surface area contributed by atoms with Crippen molar-refractivity contribution < 1.29 is 27.9 Å². The molecule has 39 heavy (non-hydrogen) atoms. The van der Waals surface area contributed by atoms with Crippen LogP contribution in [0.5, 0.6) is 11.8 Å². The number of hydrogen-bond donors (Lipinski definition) is 1. The van der Waals surface area contributed by atoms with Crippen molar-refractivity contribution >= 4 is 50.2 Å². The van der Waals surface area contributed by atoms with Gasteiger partial charge in [-0.1, -0.05) is 0 Å². The molecule has 2 atom stereocenters. The number of amides is 2. The zero-order chi connectivity index (χ0) is 27.7. The van der Waals surface area contributed by atoms with E-state index in [9.17, 15) is 23.2 Å². The zero-order valence-electron chi connectivity index (χ0n) is 20.3. The first kappa shape index (κ1) is 26.3. The number of alkyl halides is 1. The standard InChI is InChI=1S/C25H20BrF2N7O4/c1-13(36)18-11-34(19-3-2-16(5-17(18)19)39-25-30-6-15(28)7-31-25)12-23(37)35-10-14(27)4-20(35)24(38)33-22-9-29-8-21(26)32-22/h2-3,5-9,11,14,20H,4,10,12H2,1H3,(H,32,33,38)/t14-,20+/m1/s1. The molecule has 0 bridgehead atoms. The van der Waals surface area contributed by atoms with E-state index in [1.54, 1.807) is 22.8 Å². The second kappa shape index (κ2) is 10.8. The van der Waals surface area contributed by atoms with E-state index >= 15 is 0 Å². The molecule has 0 spiro atoms. The van der Waals surface area contributed by atoms with Crippen LogP contribution in [0.3, 0.4) is 0 Å². The van der Waals surface area contributed by atoms with Crippen molar-refractivity contribution in [2.24, 2.45) is 0 Å². The quantitative estimate of drug-likeness (QED) is 0.318. The van der Waals surface area contributed by atoms with Crippen LogP contribution in [0.2, 0.25) is 0 Å². The van der Waals surface area contributed by atoms with E-state index in [-0.39, 0.29) is 37.1 Å². The molecule has 0 unspecified atom stereocenters. The Morgan fingerprint density at radius 3 is 2.67 bits per heavy atom. The first-order chi connectivity index (χ1) is 18.7. The van der Waals surface area contributed by atoms with Crippen molar-refractivity contribution in [1.29, 1.82) is 0 Å². The number of nitrogens with one attached hydrogen (secondary N) is 1. The maximum atomic E-state index is 14.4. The number of hydrogen-bond acceptors (Lipinski definition) is 8. The number of halogens is 3. The Morgan fingerprint density at radius 2 is 1.95 bits per heavy atom.